The van der Waals surface area contributed by atoms with Crippen LogP contribution in [0.3, 0.4) is 0 Å². The molecule has 31 heavy (non-hydrogen) atoms. The highest BCUT2D eigenvalue weighted by atomic mass is 35.5. The minimum Gasteiger partial charge on any atom is -0.366 e. The van der Waals surface area contributed by atoms with Gasteiger partial charge in [-0.2, -0.15) is 0 Å². The van der Waals surface area contributed by atoms with Crippen LogP contribution in [0.5, 0.6) is 0 Å². The number of benzene rings is 1. The van der Waals surface area contributed by atoms with Crippen LogP contribution < -0.4 is 9.91 Å². The number of aromatic nitrogens is 1. The monoisotopic (exact) mass is 504 g/mol. The van der Waals surface area contributed by atoms with Crippen molar-refractivity contribution in [2.75, 3.05) is 49.7 Å². The highest BCUT2D eigenvalue weighted by Crippen LogP contribution is 2.33. The molecule has 3 heterocycles. The number of carbonyl (C=O) groups is 1. The lowest BCUT2D eigenvalue weighted by Crippen LogP contribution is -2.49. The van der Waals surface area contributed by atoms with Gasteiger partial charge in [-0.15, -0.1) is 16.3 Å². The number of rotatable bonds is 4. The standard InChI is InChI=1S/C20H19Cl4FN5O/c1-27-17(18(24)20(31)30(27)12-2-3-16(25)13(21)8-12)11-28-4-6-29(7-5-28)19-14(22)9-26-10-15(19)23/h2-3,8-10,18H,4-7,11H2,1H3/q+1. The Bertz CT molecular complexity index is 1040. The normalized spacial score (nSPS) is 20.2. The van der Waals surface area contributed by atoms with Gasteiger partial charge in [0.25, 0.3) is 0 Å². The van der Waals surface area contributed by atoms with Crippen LogP contribution in [-0.4, -0.2) is 71.3 Å². The van der Waals surface area contributed by atoms with E-state index < -0.39 is 11.2 Å². The lowest BCUT2D eigenvalue weighted by molar-refractivity contribution is -0.496. The summed E-state index contributed by atoms with van der Waals surface area (Å²) in [6, 6.07) is 4.15. The summed E-state index contributed by atoms with van der Waals surface area (Å²) in [6.07, 6.45) is 3.16. The van der Waals surface area contributed by atoms with E-state index in [1.807, 2.05) is 0 Å². The molecule has 0 saturated carbocycles. The van der Waals surface area contributed by atoms with Crippen molar-refractivity contribution in [1.82, 2.24) is 9.88 Å². The van der Waals surface area contributed by atoms with E-state index in [1.165, 1.54) is 23.2 Å². The first kappa shape index (κ1) is 22.6. The second-order valence-corrected chi connectivity index (χ2v) is 9.00. The van der Waals surface area contributed by atoms with E-state index in [2.05, 4.69) is 14.8 Å². The predicted molar refractivity (Wildman–Crippen MR) is 123 cm³/mol. The largest absolute Gasteiger partial charge is 0.366 e. The van der Waals surface area contributed by atoms with Gasteiger partial charge in [-0.05, 0) is 18.2 Å². The van der Waals surface area contributed by atoms with Gasteiger partial charge in [-0.3, -0.25) is 14.7 Å². The first-order valence-corrected chi connectivity index (χ1v) is 11.1. The van der Waals surface area contributed by atoms with Gasteiger partial charge in [0.05, 0.1) is 27.3 Å². The number of alkyl halides is 1. The van der Waals surface area contributed by atoms with Crippen LogP contribution in [-0.2, 0) is 4.79 Å². The molecule has 0 N–H and O–H groups in total. The average molecular weight is 506 g/mol. The quantitative estimate of drug-likeness (QED) is 0.466. The topological polar surface area (TPSA) is 42.7 Å². The summed E-state index contributed by atoms with van der Waals surface area (Å²) in [5, 5.41) is 1.60. The first-order chi connectivity index (χ1) is 14.8. The number of amides is 1. The number of piperazine rings is 1. The Kier molecular flexibility index (Phi) is 6.60. The number of halogens is 5. The summed E-state index contributed by atoms with van der Waals surface area (Å²) in [7, 11) is 1.76. The van der Waals surface area contributed by atoms with Gasteiger partial charge in [0, 0.05) is 38.6 Å². The maximum absolute atomic E-state index is 13.5. The molecule has 1 amide bonds. The number of hydrazone groups is 1. The number of pyridine rings is 1. The van der Waals surface area contributed by atoms with Gasteiger partial charge in [-0.1, -0.05) is 39.8 Å². The molecule has 1 fully saturated rings. The zero-order valence-corrected chi connectivity index (χ0v) is 19.6. The summed E-state index contributed by atoms with van der Waals surface area (Å²) >= 11 is 24.9. The van der Waals surface area contributed by atoms with Gasteiger partial charge in [0.15, 0.2) is 7.05 Å². The summed E-state index contributed by atoms with van der Waals surface area (Å²) in [5.74, 6) is -0.838. The Balaban J connectivity index is 1.48. The molecule has 6 nitrogen and oxygen atoms in total. The van der Waals surface area contributed by atoms with Crippen LogP contribution in [0.15, 0.2) is 30.6 Å². The lowest BCUT2D eigenvalue weighted by Gasteiger charge is -2.36. The van der Waals surface area contributed by atoms with Gasteiger partial charge in [0.1, 0.15) is 11.5 Å². The van der Waals surface area contributed by atoms with Gasteiger partial charge in [-0.25, -0.2) is 4.39 Å². The van der Waals surface area contributed by atoms with E-state index >= 15 is 0 Å². The maximum atomic E-state index is 13.5. The first-order valence-electron chi connectivity index (χ1n) is 9.56. The minimum atomic E-state index is -0.809. The third kappa shape index (κ3) is 4.34. The molecule has 0 spiro atoms. The molecular weight excluding hydrogens is 487 g/mol. The van der Waals surface area contributed by atoms with Crippen molar-refractivity contribution >= 4 is 69.4 Å². The van der Waals surface area contributed by atoms with Crippen molar-refractivity contribution in [3.05, 3.63) is 51.5 Å². The Morgan fingerprint density at radius 3 is 2.35 bits per heavy atom. The fourth-order valence-corrected chi connectivity index (χ4v) is 4.94. The predicted octanol–water partition coefficient (Wildman–Crippen LogP) is 3.96. The summed E-state index contributed by atoms with van der Waals surface area (Å²) in [5.41, 5.74) is 2.00. The SMILES string of the molecule is C[N+]1=C(CN2CCN(c3c(Cl)cncc3Cl)CC2)C(Cl)C(=O)N1c1ccc(F)c(Cl)c1. The molecular formula is C20H19Cl4FN5O+. The second kappa shape index (κ2) is 9.08. The van der Waals surface area contributed by atoms with Crippen LogP contribution in [0.1, 0.15) is 0 Å². The van der Waals surface area contributed by atoms with Gasteiger partial charge >= 0.3 is 5.91 Å². The van der Waals surface area contributed by atoms with Crippen molar-refractivity contribution in [2.45, 2.75) is 5.38 Å². The number of hydrazine groups is 1. The summed E-state index contributed by atoms with van der Waals surface area (Å²) < 4.78 is 15.3. The van der Waals surface area contributed by atoms with E-state index in [0.717, 1.165) is 37.6 Å². The summed E-state index contributed by atoms with van der Waals surface area (Å²) in [6.45, 7) is 3.45. The van der Waals surface area contributed by atoms with Crippen LogP contribution in [0, 0.1) is 5.82 Å². The van der Waals surface area contributed by atoms with E-state index in [1.54, 1.807) is 24.1 Å². The van der Waals surface area contributed by atoms with E-state index in [-0.39, 0.29) is 10.9 Å². The number of anilines is 2. The third-order valence-corrected chi connectivity index (χ3v) is 6.77. The number of hydrogen-bond acceptors (Lipinski definition) is 4. The van der Waals surface area contributed by atoms with E-state index in [0.29, 0.717) is 22.3 Å². The van der Waals surface area contributed by atoms with E-state index in [4.69, 9.17) is 46.4 Å². The molecule has 0 radical (unpaired) electrons. The van der Waals surface area contributed by atoms with Crippen LogP contribution in [0.4, 0.5) is 15.8 Å². The van der Waals surface area contributed by atoms with Crippen LogP contribution in [0.2, 0.25) is 15.1 Å². The number of hydrogen-bond donors (Lipinski definition) is 0. The molecule has 2 aliphatic heterocycles. The molecule has 1 aromatic carbocycles. The van der Waals surface area contributed by atoms with Crippen molar-refractivity contribution < 1.29 is 13.9 Å². The van der Waals surface area contributed by atoms with E-state index in [9.17, 15) is 9.18 Å². The molecule has 0 bridgehead atoms. The Hall–Kier alpha value is -1.64. The van der Waals surface area contributed by atoms with Crippen molar-refractivity contribution in [1.29, 1.82) is 0 Å². The second-order valence-electron chi connectivity index (χ2n) is 7.34. The highest BCUT2D eigenvalue weighted by molar-refractivity contribution is 6.45. The molecule has 1 unspecified atom stereocenters. The Labute approximate surface area is 199 Å². The average Bonchev–Trinajstić information content (AvgIpc) is 2.94. The molecule has 1 atom stereocenters. The lowest BCUT2D eigenvalue weighted by atomic mass is 10.2. The zero-order valence-electron chi connectivity index (χ0n) is 16.5. The van der Waals surface area contributed by atoms with Crippen molar-refractivity contribution in [2.24, 2.45) is 0 Å². The molecule has 0 aliphatic carbocycles. The molecule has 164 valence electrons. The van der Waals surface area contributed by atoms with Crippen molar-refractivity contribution in [3.63, 3.8) is 0 Å². The number of carbonyl (C=O) groups excluding carboxylic acids is 1. The molecule has 1 saturated heterocycles. The highest BCUT2D eigenvalue weighted by Gasteiger charge is 2.46. The summed E-state index contributed by atoms with van der Waals surface area (Å²) in [4.78, 5) is 21.2. The Morgan fingerprint density at radius 2 is 1.74 bits per heavy atom. The number of nitrogens with zero attached hydrogens (tertiary/aromatic N) is 5. The smallest absolute Gasteiger partial charge is 0.311 e. The van der Waals surface area contributed by atoms with Crippen LogP contribution in [0.25, 0.3) is 0 Å². The Morgan fingerprint density at radius 1 is 1.10 bits per heavy atom. The zero-order chi connectivity index (χ0) is 22.3. The maximum Gasteiger partial charge on any atom is 0.311 e. The fourth-order valence-electron chi connectivity index (χ4n) is 3.86. The molecule has 4 rings (SSSR count). The fraction of sp³-hybridized carbons (Fsp3) is 0.350. The minimum absolute atomic E-state index is 0.0529. The molecule has 2 aromatic rings. The third-order valence-electron chi connectivity index (χ3n) is 5.48. The van der Waals surface area contributed by atoms with Gasteiger partial charge in [0.2, 0.25) is 11.1 Å². The molecule has 2 aliphatic rings. The molecule has 1 aromatic heterocycles. The molecule has 11 heteroatoms. The van der Waals surface area contributed by atoms with Gasteiger partial charge < -0.3 is 4.90 Å². The van der Waals surface area contributed by atoms with Crippen molar-refractivity contribution in [3.8, 4) is 0 Å². The van der Waals surface area contributed by atoms with Crippen LogP contribution >= 0.6 is 46.4 Å².